The van der Waals surface area contributed by atoms with E-state index in [0.717, 1.165) is 5.56 Å². The number of amides is 1. The van der Waals surface area contributed by atoms with Crippen LogP contribution >= 0.6 is 0 Å². The van der Waals surface area contributed by atoms with E-state index in [1.165, 1.54) is 12.3 Å². The Morgan fingerprint density at radius 2 is 1.74 bits per heavy atom. The minimum Gasteiger partial charge on any atom is -0.378 e. The second-order valence-corrected chi connectivity index (χ2v) is 9.52. The summed E-state index contributed by atoms with van der Waals surface area (Å²) in [6.07, 6.45) is 1.53. The summed E-state index contributed by atoms with van der Waals surface area (Å²) in [7, 11) is -3.93. The van der Waals surface area contributed by atoms with Crippen molar-refractivity contribution in [1.82, 2.24) is 20.2 Å². The Labute approximate surface area is 200 Å². The molecule has 1 N–H and O–H groups in total. The number of aryl methyl sites for hydroxylation is 1. The van der Waals surface area contributed by atoms with Crippen LogP contribution in [0.15, 0.2) is 68.7 Å². The smallest absolute Gasteiger partial charge is 0.316 e. The lowest BCUT2D eigenvalue weighted by molar-refractivity contribution is 0.0272. The van der Waals surface area contributed by atoms with Crippen molar-refractivity contribution >= 4 is 21.6 Å². The van der Waals surface area contributed by atoms with E-state index >= 15 is 0 Å². The van der Waals surface area contributed by atoms with Gasteiger partial charge >= 0.3 is 11.8 Å². The van der Waals surface area contributed by atoms with E-state index in [4.69, 9.17) is 13.8 Å². The second-order valence-electron chi connectivity index (χ2n) is 7.87. The van der Waals surface area contributed by atoms with Gasteiger partial charge in [0.15, 0.2) is 5.76 Å². The van der Waals surface area contributed by atoms with E-state index in [1.54, 1.807) is 54.3 Å². The van der Waals surface area contributed by atoms with Crippen molar-refractivity contribution in [2.75, 3.05) is 31.0 Å². The molecule has 1 aliphatic heterocycles. The molecule has 1 aliphatic rings. The highest BCUT2D eigenvalue weighted by Crippen LogP contribution is 2.27. The summed E-state index contributed by atoms with van der Waals surface area (Å²) in [6, 6.07) is 13.2. The average Bonchev–Trinajstić information content (AvgIpc) is 3.58. The van der Waals surface area contributed by atoms with Gasteiger partial charge in [0, 0.05) is 36.0 Å². The van der Waals surface area contributed by atoms with Gasteiger partial charge in [0.1, 0.15) is 0 Å². The number of rotatable bonds is 6. The van der Waals surface area contributed by atoms with Gasteiger partial charge in [0.25, 0.3) is 10.0 Å². The summed E-state index contributed by atoms with van der Waals surface area (Å²) >= 11 is 0. The van der Waals surface area contributed by atoms with E-state index in [-0.39, 0.29) is 22.5 Å². The molecule has 5 rings (SSSR count). The molecule has 3 heterocycles. The summed E-state index contributed by atoms with van der Waals surface area (Å²) in [5, 5.41) is 7.55. The van der Waals surface area contributed by atoms with Gasteiger partial charge in [-0.1, -0.05) is 22.4 Å². The number of anilines is 1. The molecule has 180 valence electrons. The Hall–Kier alpha value is -4.03. The molecule has 12 heteroatoms. The van der Waals surface area contributed by atoms with Crippen molar-refractivity contribution in [3.63, 3.8) is 0 Å². The van der Waals surface area contributed by atoms with Crippen LogP contribution < -0.4 is 4.72 Å². The van der Waals surface area contributed by atoms with Crippen molar-refractivity contribution in [2.45, 2.75) is 11.8 Å². The molecule has 11 nitrogen and oxygen atoms in total. The van der Waals surface area contributed by atoms with Crippen molar-refractivity contribution in [1.29, 1.82) is 0 Å². The van der Waals surface area contributed by atoms with Crippen LogP contribution in [-0.2, 0) is 14.8 Å². The molecule has 1 fully saturated rings. The monoisotopic (exact) mass is 495 g/mol. The van der Waals surface area contributed by atoms with Crippen molar-refractivity contribution in [2.24, 2.45) is 0 Å². The van der Waals surface area contributed by atoms with Crippen LogP contribution in [0.4, 0.5) is 5.69 Å². The van der Waals surface area contributed by atoms with Gasteiger partial charge in [-0.3, -0.25) is 9.52 Å². The third-order valence-electron chi connectivity index (χ3n) is 5.50. The number of nitrogens with zero attached hydrogens (tertiary/aromatic N) is 4. The topological polar surface area (TPSA) is 141 Å². The highest BCUT2D eigenvalue weighted by molar-refractivity contribution is 7.92. The Kier molecular flexibility index (Phi) is 6.05. The lowest BCUT2D eigenvalue weighted by atomic mass is 10.1. The maximum Gasteiger partial charge on any atom is 0.316 e. The predicted molar refractivity (Wildman–Crippen MR) is 124 cm³/mol. The third-order valence-corrected chi connectivity index (χ3v) is 7.03. The van der Waals surface area contributed by atoms with E-state index in [0.29, 0.717) is 48.9 Å². The van der Waals surface area contributed by atoms with Crippen LogP contribution in [0.2, 0.25) is 0 Å². The number of hydrogen-bond acceptors (Lipinski definition) is 9. The van der Waals surface area contributed by atoms with Crippen LogP contribution in [0.25, 0.3) is 22.7 Å². The van der Waals surface area contributed by atoms with E-state index < -0.39 is 10.0 Å². The maximum atomic E-state index is 13.2. The van der Waals surface area contributed by atoms with Crippen LogP contribution in [0, 0.1) is 6.92 Å². The van der Waals surface area contributed by atoms with Gasteiger partial charge in [-0.05, 0) is 42.8 Å². The van der Waals surface area contributed by atoms with E-state index in [1.807, 2.05) is 0 Å². The van der Waals surface area contributed by atoms with Gasteiger partial charge in [-0.15, -0.1) is 0 Å². The molecular formula is C23H21N5O6S. The number of morpholine rings is 1. The molecule has 0 saturated carbocycles. The first-order valence-electron chi connectivity index (χ1n) is 10.8. The third kappa shape index (κ3) is 4.79. The molecule has 0 radical (unpaired) electrons. The quantitative estimate of drug-likeness (QED) is 0.427. The normalized spacial score (nSPS) is 14.1. The predicted octanol–water partition coefficient (Wildman–Crippen LogP) is 2.97. The van der Waals surface area contributed by atoms with Crippen molar-refractivity contribution < 1.29 is 27.0 Å². The summed E-state index contributed by atoms with van der Waals surface area (Å²) in [5.74, 6) is 0.156. The maximum absolute atomic E-state index is 13.2. The van der Waals surface area contributed by atoms with Gasteiger partial charge in [0.2, 0.25) is 5.82 Å². The minimum atomic E-state index is -3.93. The van der Waals surface area contributed by atoms with Crippen LogP contribution in [-0.4, -0.2) is 60.8 Å². The molecular weight excluding hydrogens is 474 g/mol. The standard InChI is InChI=1S/C23H21N5O6S/c1-15-2-3-17(21-25-22(34-26-21)23(29)28-10-12-32-13-11-28)14-20(15)35(30,31)27-18-6-4-16(5-7-18)19-8-9-24-33-19/h2-9,14,27H,10-13H2,1H3. The van der Waals surface area contributed by atoms with E-state index in [2.05, 4.69) is 20.0 Å². The molecule has 2 aromatic carbocycles. The number of carbonyl (C=O) groups excluding carboxylic acids is 1. The minimum absolute atomic E-state index is 0.0557. The Bertz CT molecular complexity index is 1440. The lowest BCUT2D eigenvalue weighted by Crippen LogP contribution is -2.40. The lowest BCUT2D eigenvalue weighted by Gasteiger charge is -2.25. The van der Waals surface area contributed by atoms with Crippen LogP contribution in [0.5, 0.6) is 0 Å². The van der Waals surface area contributed by atoms with Gasteiger partial charge in [-0.2, -0.15) is 4.98 Å². The van der Waals surface area contributed by atoms with Crippen LogP contribution in [0.1, 0.15) is 16.2 Å². The molecule has 4 aromatic rings. The molecule has 2 aromatic heterocycles. The molecule has 0 atom stereocenters. The summed E-state index contributed by atoms with van der Waals surface area (Å²) in [4.78, 5) is 18.4. The average molecular weight is 496 g/mol. The van der Waals surface area contributed by atoms with Gasteiger partial charge in [-0.25, -0.2) is 8.42 Å². The number of carbonyl (C=O) groups is 1. The molecule has 1 saturated heterocycles. The molecule has 0 aliphatic carbocycles. The zero-order chi connectivity index (χ0) is 24.4. The number of nitrogens with one attached hydrogen (secondary N) is 1. The number of ether oxygens (including phenoxy) is 1. The molecule has 1 amide bonds. The van der Waals surface area contributed by atoms with Crippen molar-refractivity contribution in [3.8, 4) is 22.7 Å². The fourth-order valence-electron chi connectivity index (χ4n) is 3.64. The number of sulfonamides is 1. The summed E-state index contributed by atoms with van der Waals surface area (Å²) in [5.41, 5.74) is 2.09. The fourth-order valence-corrected chi connectivity index (χ4v) is 4.97. The van der Waals surface area contributed by atoms with Crippen molar-refractivity contribution in [3.05, 3.63) is 66.2 Å². The molecule has 35 heavy (non-hydrogen) atoms. The number of hydrogen-bond donors (Lipinski definition) is 1. The number of aromatic nitrogens is 3. The highest BCUT2D eigenvalue weighted by Gasteiger charge is 2.25. The number of benzene rings is 2. The van der Waals surface area contributed by atoms with E-state index in [9.17, 15) is 13.2 Å². The zero-order valence-corrected chi connectivity index (χ0v) is 19.5. The van der Waals surface area contributed by atoms with Gasteiger partial charge < -0.3 is 18.7 Å². The Balaban J connectivity index is 1.37. The zero-order valence-electron chi connectivity index (χ0n) is 18.7. The highest BCUT2D eigenvalue weighted by atomic mass is 32.2. The molecule has 0 bridgehead atoms. The second kappa shape index (κ2) is 9.31. The summed E-state index contributed by atoms with van der Waals surface area (Å²) in [6.45, 7) is 3.46. The fraction of sp³-hybridized carbons (Fsp3) is 0.217. The first kappa shape index (κ1) is 22.7. The first-order valence-corrected chi connectivity index (χ1v) is 12.2. The van der Waals surface area contributed by atoms with Gasteiger partial charge in [0.05, 0.1) is 24.3 Å². The Morgan fingerprint density at radius 3 is 2.46 bits per heavy atom. The SMILES string of the molecule is Cc1ccc(-c2noc(C(=O)N3CCOCC3)n2)cc1S(=O)(=O)Nc1ccc(-c2ccno2)cc1. The van der Waals surface area contributed by atoms with Crippen LogP contribution in [0.3, 0.4) is 0 Å². The summed E-state index contributed by atoms with van der Waals surface area (Å²) < 4.78 is 44.4. The Morgan fingerprint density at radius 1 is 1.00 bits per heavy atom. The molecule has 0 spiro atoms. The molecule has 0 unspecified atom stereocenters. The largest absolute Gasteiger partial charge is 0.378 e. The first-order chi connectivity index (χ1) is 16.9.